The van der Waals surface area contributed by atoms with Crippen LogP contribution < -0.4 is 4.90 Å². The van der Waals surface area contributed by atoms with Crippen molar-refractivity contribution in [1.82, 2.24) is 4.90 Å². The third-order valence-corrected chi connectivity index (χ3v) is 8.78. The van der Waals surface area contributed by atoms with Crippen LogP contribution in [0.1, 0.15) is 30.9 Å². The van der Waals surface area contributed by atoms with Crippen molar-refractivity contribution in [2.75, 3.05) is 24.7 Å². The Labute approximate surface area is 226 Å². The van der Waals surface area contributed by atoms with Crippen molar-refractivity contribution in [1.29, 1.82) is 0 Å². The molecular formula is C28H35BrN2O6. The van der Waals surface area contributed by atoms with Gasteiger partial charge in [0.05, 0.1) is 30.6 Å². The Balaban J connectivity index is 1.86. The number of hydrogen-bond acceptors (Lipinski definition) is 6. The molecule has 8 nitrogen and oxygen atoms in total. The van der Waals surface area contributed by atoms with Gasteiger partial charge in [0, 0.05) is 17.1 Å². The van der Waals surface area contributed by atoms with E-state index < -0.39 is 41.6 Å². The van der Waals surface area contributed by atoms with Crippen molar-refractivity contribution in [3.05, 3.63) is 54.6 Å². The average molecular weight is 576 g/mol. The van der Waals surface area contributed by atoms with Crippen molar-refractivity contribution in [2.45, 2.75) is 62.2 Å². The molecule has 1 aromatic carbocycles. The zero-order valence-corrected chi connectivity index (χ0v) is 23.1. The van der Waals surface area contributed by atoms with Gasteiger partial charge in [0.2, 0.25) is 5.91 Å². The summed E-state index contributed by atoms with van der Waals surface area (Å²) in [4.78, 5) is 44.7. The number of anilines is 1. The van der Waals surface area contributed by atoms with Crippen LogP contribution in [0.15, 0.2) is 43.5 Å². The fourth-order valence-electron chi connectivity index (χ4n) is 6.46. The number of nitrogens with zero attached hydrogens (tertiary/aromatic N) is 2. The third-order valence-electron chi connectivity index (χ3n) is 7.94. The first-order chi connectivity index (χ1) is 17.7. The SMILES string of the molecule is C=CCOC(=O)[C@H]1[C@@H]2OC3(CC2Br)C(C(=O)N(CC=C)c2c(C)cccc2C)N([C@@H](CC)CO)C(=O)[C@H]13. The summed E-state index contributed by atoms with van der Waals surface area (Å²) in [5.74, 6) is -2.98. The van der Waals surface area contributed by atoms with Gasteiger partial charge in [-0.2, -0.15) is 0 Å². The molecule has 200 valence electrons. The fourth-order valence-corrected chi connectivity index (χ4v) is 7.40. The Morgan fingerprint density at radius 3 is 2.57 bits per heavy atom. The van der Waals surface area contributed by atoms with Crippen LogP contribution in [0.3, 0.4) is 0 Å². The van der Waals surface area contributed by atoms with Gasteiger partial charge < -0.3 is 24.4 Å². The third kappa shape index (κ3) is 4.25. The summed E-state index contributed by atoms with van der Waals surface area (Å²) in [5, 5.41) is 10.2. The summed E-state index contributed by atoms with van der Waals surface area (Å²) in [6.45, 7) is 13.1. The van der Waals surface area contributed by atoms with E-state index >= 15 is 0 Å². The molecule has 1 N–H and O–H groups in total. The van der Waals surface area contributed by atoms with E-state index in [0.717, 1.165) is 16.8 Å². The number of aliphatic hydroxyl groups is 1. The molecule has 0 aliphatic carbocycles. The van der Waals surface area contributed by atoms with Crippen LogP contribution in [0.25, 0.3) is 0 Å². The highest BCUT2D eigenvalue weighted by Gasteiger charge is 2.77. The van der Waals surface area contributed by atoms with Gasteiger partial charge in [0.15, 0.2) is 0 Å². The summed E-state index contributed by atoms with van der Waals surface area (Å²) in [5.41, 5.74) is 1.34. The Morgan fingerprint density at radius 1 is 1.32 bits per heavy atom. The molecule has 7 atom stereocenters. The van der Waals surface area contributed by atoms with Crippen LogP contribution in [0.4, 0.5) is 5.69 Å². The van der Waals surface area contributed by atoms with E-state index in [1.807, 2.05) is 39.0 Å². The van der Waals surface area contributed by atoms with Crippen LogP contribution in [-0.4, -0.2) is 76.2 Å². The maximum Gasteiger partial charge on any atom is 0.312 e. The standard InChI is InChI=1S/C28H35BrN2O6/c1-6-12-30(22-16(4)10-9-11-17(22)5)26(34)24-28-14-19(29)23(37-28)20(27(35)36-13-7-2)21(28)25(33)31(24)18(8-3)15-32/h6-7,9-11,18-21,23-24,32H,1-2,8,12-15H2,3-5H3/t18-,19?,20+,21-,23+,24?,28?/m0/s1. The molecule has 2 bridgehead atoms. The van der Waals surface area contributed by atoms with E-state index in [4.69, 9.17) is 9.47 Å². The minimum absolute atomic E-state index is 0.0168. The number of amides is 2. The van der Waals surface area contributed by atoms with Gasteiger partial charge in [-0.25, -0.2) is 0 Å². The molecule has 1 aromatic rings. The summed E-state index contributed by atoms with van der Waals surface area (Å²) >= 11 is 3.65. The van der Waals surface area contributed by atoms with Crippen molar-refractivity contribution in [3.8, 4) is 0 Å². The van der Waals surface area contributed by atoms with Crippen LogP contribution >= 0.6 is 15.9 Å². The maximum atomic E-state index is 14.6. The normalized spacial score (nSPS) is 30.7. The first kappa shape index (κ1) is 27.5. The lowest BCUT2D eigenvalue weighted by Gasteiger charge is -2.39. The van der Waals surface area contributed by atoms with Crippen molar-refractivity contribution >= 4 is 39.4 Å². The molecule has 3 saturated heterocycles. The molecule has 0 saturated carbocycles. The number of carbonyl (C=O) groups excluding carboxylic acids is 3. The lowest BCUT2D eigenvalue weighted by Crippen LogP contribution is -2.59. The second-order valence-corrected chi connectivity index (χ2v) is 11.2. The van der Waals surface area contributed by atoms with Crippen LogP contribution in [0, 0.1) is 25.7 Å². The van der Waals surface area contributed by atoms with Gasteiger partial charge in [-0.15, -0.1) is 6.58 Å². The van der Waals surface area contributed by atoms with Crippen LogP contribution in [0.5, 0.6) is 0 Å². The molecule has 1 spiro atoms. The Hall–Kier alpha value is -2.49. The van der Waals surface area contributed by atoms with Gasteiger partial charge in [-0.05, 0) is 37.8 Å². The molecule has 9 heteroatoms. The van der Waals surface area contributed by atoms with Crippen molar-refractivity contribution < 1.29 is 29.0 Å². The fraction of sp³-hybridized carbons (Fsp3) is 0.536. The Bertz CT molecular complexity index is 1080. The molecule has 2 amide bonds. The van der Waals surface area contributed by atoms with Gasteiger partial charge in [0.25, 0.3) is 5.91 Å². The number of esters is 1. The quantitative estimate of drug-likeness (QED) is 0.262. The largest absolute Gasteiger partial charge is 0.461 e. The highest BCUT2D eigenvalue weighted by molar-refractivity contribution is 9.09. The number of halogens is 1. The second kappa shape index (κ2) is 10.7. The van der Waals surface area contributed by atoms with Crippen LogP contribution in [-0.2, 0) is 23.9 Å². The predicted octanol–water partition coefficient (Wildman–Crippen LogP) is 3.07. The molecule has 37 heavy (non-hydrogen) atoms. The van der Waals surface area contributed by atoms with Gasteiger partial charge >= 0.3 is 5.97 Å². The van der Waals surface area contributed by atoms with E-state index in [1.165, 1.54) is 11.0 Å². The number of hydrogen-bond donors (Lipinski definition) is 1. The number of fused-ring (bicyclic) bond motifs is 1. The molecule has 3 unspecified atom stereocenters. The monoisotopic (exact) mass is 574 g/mol. The highest BCUT2D eigenvalue weighted by atomic mass is 79.9. The number of benzene rings is 1. The molecule has 0 radical (unpaired) electrons. The smallest absolute Gasteiger partial charge is 0.312 e. The lowest BCUT2D eigenvalue weighted by molar-refractivity contribution is -0.154. The number of ether oxygens (including phenoxy) is 2. The average Bonchev–Trinajstić information content (AvgIpc) is 3.46. The molecule has 0 aromatic heterocycles. The molecule has 3 aliphatic heterocycles. The first-order valence-corrected chi connectivity index (χ1v) is 13.6. The van der Waals surface area contributed by atoms with E-state index in [2.05, 4.69) is 29.1 Å². The predicted molar refractivity (Wildman–Crippen MR) is 143 cm³/mol. The van der Waals surface area contributed by atoms with Crippen molar-refractivity contribution in [2.24, 2.45) is 11.8 Å². The molecular weight excluding hydrogens is 540 g/mol. The van der Waals surface area contributed by atoms with Gasteiger partial charge in [-0.3, -0.25) is 14.4 Å². The number of alkyl halides is 1. The second-order valence-electron chi connectivity index (χ2n) is 10.1. The van der Waals surface area contributed by atoms with Gasteiger partial charge in [0.1, 0.15) is 18.2 Å². The topological polar surface area (TPSA) is 96.4 Å². The molecule has 3 heterocycles. The zero-order valence-electron chi connectivity index (χ0n) is 21.6. The zero-order chi connectivity index (χ0) is 27.1. The summed E-state index contributed by atoms with van der Waals surface area (Å²) in [6, 6.07) is 4.17. The highest BCUT2D eigenvalue weighted by Crippen LogP contribution is 2.61. The Kier molecular flexibility index (Phi) is 7.97. The number of para-hydroxylation sites is 1. The maximum absolute atomic E-state index is 14.6. The number of rotatable bonds is 10. The summed E-state index contributed by atoms with van der Waals surface area (Å²) < 4.78 is 11.9. The van der Waals surface area contributed by atoms with E-state index in [0.29, 0.717) is 12.8 Å². The number of aliphatic hydroxyl groups excluding tert-OH is 1. The molecule has 3 fully saturated rings. The van der Waals surface area contributed by atoms with Crippen LogP contribution in [0.2, 0.25) is 0 Å². The van der Waals surface area contributed by atoms with E-state index in [-0.39, 0.29) is 36.4 Å². The number of carbonyl (C=O) groups is 3. The van der Waals surface area contributed by atoms with Crippen molar-refractivity contribution in [3.63, 3.8) is 0 Å². The Morgan fingerprint density at radius 2 is 2.00 bits per heavy atom. The molecule has 4 rings (SSSR count). The summed E-state index contributed by atoms with van der Waals surface area (Å²) in [6.07, 6.45) is 3.33. The summed E-state index contributed by atoms with van der Waals surface area (Å²) in [7, 11) is 0. The van der Waals surface area contributed by atoms with E-state index in [9.17, 15) is 19.5 Å². The van der Waals surface area contributed by atoms with E-state index in [1.54, 1.807) is 11.0 Å². The number of aryl methyl sites for hydroxylation is 2. The lowest BCUT2D eigenvalue weighted by atomic mass is 9.70. The van der Waals surface area contributed by atoms with Gasteiger partial charge in [-0.1, -0.05) is 59.8 Å². The minimum Gasteiger partial charge on any atom is -0.461 e. The molecule has 3 aliphatic rings. The first-order valence-electron chi connectivity index (χ1n) is 12.7. The minimum atomic E-state index is -1.23. The number of likely N-dealkylation sites (tertiary alicyclic amines) is 1.